The molecule has 0 radical (unpaired) electrons. The number of halogens is 1. The molecule has 2 aromatic carbocycles. The van der Waals surface area contributed by atoms with E-state index in [0.29, 0.717) is 28.3 Å². The molecule has 39 heavy (non-hydrogen) atoms. The minimum absolute atomic E-state index is 0.0511. The molecule has 1 saturated heterocycles. The van der Waals surface area contributed by atoms with Gasteiger partial charge in [-0.05, 0) is 79.2 Å². The van der Waals surface area contributed by atoms with Crippen molar-refractivity contribution in [2.75, 3.05) is 0 Å². The fraction of sp³-hybridized carbons (Fsp3) is 0.548. The van der Waals surface area contributed by atoms with Crippen LogP contribution in [0.25, 0.3) is 0 Å². The molecule has 1 heterocycles. The van der Waals surface area contributed by atoms with Gasteiger partial charge in [0.05, 0.1) is 30.1 Å². The van der Waals surface area contributed by atoms with Gasteiger partial charge in [-0.15, -0.1) is 0 Å². The first-order valence-corrected chi connectivity index (χ1v) is 14.6. The number of hydrogen-bond acceptors (Lipinski definition) is 4. The smallest absolute Gasteiger partial charge is 0.404 e. The molecule has 4 fully saturated rings. The van der Waals surface area contributed by atoms with Gasteiger partial charge in [-0.2, -0.15) is 0 Å². The number of amides is 2. The van der Waals surface area contributed by atoms with Crippen LogP contribution in [0.15, 0.2) is 54.6 Å². The highest BCUT2D eigenvalue weighted by Crippen LogP contribution is 2.65. The van der Waals surface area contributed by atoms with E-state index in [1.807, 2.05) is 30.3 Å². The summed E-state index contributed by atoms with van der Waals surface area (Å²) in [6, 6.07) is 15.7. The molecule has 2 aromatic rings. The summed E-state index contributed by atoms with van der Waals surface area (Å²) in [5, 5.41) is 6.81. The van der Waals surface area contributed by atoms with Gasteiger partial charge in [0.15, 0.2) is 0 Å². The molecule has 6 rings (SSSR count). The second-order valence-electron chi connectivity index (χ2n) is 12.8. The summed E-state index contributed by atoms with van der Waals surface area (Å²) in [6.07, 6.45) is 3.03. The van der Waals surface area contributed by atoms with E-state index in [4.69, 9.17) is 20.9 Å². The van der Waals surface area contributed by atoms with Crippen molar-refractivity contribution >= 4 is 30.5 Å². The fourth-order valence-electron chi connectivity index (χ4n) is 7.07. The molecular weight excluding hydrogens is 511 g/mol. The number of carbonyl (C=O) groups is 2. The van der Waals surface area contributed by atoms with E-state index in [1.165, 1.54) is 6.42 Å². The van der Waals surface area contributed by atoms with Gasteiger partial charge in [0, 0.05) is 10.6 Å². The van der Waals surface area contributed by atoms with Crippen LogP contribution in [0.3, 0.4) is 0 Å². The van der Waals surface area contributed by atoms with Gasteiger partial charge in [0.2, 0.25) is 5.91 Å². The van der Waals surface area contributed by atoms with Crippen molar-refractivity contribution in [3.8, 4) is 0 Å². The van der Waals surface area contributed by atoms with Gasteiger partial charge < -0.3 is 19.9 Å². The third kappa shape index (κ3) is 5.64. The largest absolute Gasteiger partial charge is 0.481 e. The number of rotatable bonds is 9. The molecule has 3 aliphatic carbocycles. The molecule has 6 nitrogen and oxygen atoms in total. The zero-order chi connectivity index (χ0) is 27.9. The Morgan fingerprint density at radius 2 is 1.79 bits per heavy atom. The van der Waals surface area contributed by atoms with Gasteiger partial charge in [0.25, 0.3) is 5.91 Å². The fourth-order valence-corrected chi connectivity index (χ4v) is 7.27. The van der Waals surface area contributed by atoms with E-state index in [0.717, 1.165) is 18.4 Å². The molecule has 3 saturated carbocycles. The Labute approximate surface area is 237 Å². The van der Waals surface area contributed by atoms with Crippen LogP contribution >= 0.6 is 11.6 Å². The Hall–Kier alpha value is -2.35. The molecule has 2 bridgehead atoms. The average molecular weight is 551 g/mol. The van der Waals surface area contributed by atoms with Crippen LogP contribution in [-0.4, -0.2) is 36.6 Å². The first-order chi connectivity index (χ1) is 18.5. The predicted octanol–water partition coefficient (Wildman–Crippen LogP) is 6.00. The second kappa shape index (κ2) is 10.9. The predicted molar refractivity (Wildman–Crippen MR) is 154 cm³/mol. The van der Waals surface area contributed by atoms with Crippen LogP contribution in [0, 0.1) is 23.2 Å². The highest BCUT2D eigenvalue weighted by atomic mass is 35.5. The number of carbonyl (C=O) groups excluding carboxylic acids is 2. The Morgan fingerprint density at radius 3 is 2.46 bits per heavy atom. The van der Waals surface area contributed by atoms with Crippen molar-refractivity contribution < 1.29 is 18.9 Å². The first-order valence-electron chi connectivity index (χ1n) is 14.2. The van der Waals surface area contributed by atoms with Gasteiger partial charge in [-0.3, -0.25) is 9.59 Å². The zero-order valence-electron chi connectivity index (χ0n) is 23.6. The van der Waals surface area contributed by atoms with Gasteiger partial charge >= 0.3 is 7.12 Å². The maximum atomic E-state index is 13.5. The molecular formula is C31H40BClN2O4. The quantitative estimate of drug-likeness (QED) is 0.376. The maximum Gasteiger partial charge on any atom is 0.481 e. The Bertz CT molecular complexity index is 1210. The SMILES string of the molecule is CC(C)C[C@H](NC(=O)CC(NC(=O)c1ccccc1)c1cccc(Cl)c1)B1O[C@@H]2C[C@@H]3C[C@@H](C3(C)C)[C@]2(C)O1. The van der Waals surface area contributed by atoms with E-state index >= 15 is 0 Å². The lowest BCUT2D eigenvalue weighted by Crippen LogP contribution is -2.65. The van der Waals surface area contributed by atoms with Crippen LogP contribution in [0.2, 0.25) is 5.02 Å². The van der Waals surface area contributed by atoms with Crippen molar-refractivity contribution in [2.45, 2.75) is 84.0 Å². The molecule has 6 atom stereocenters. The second-order valence-corrected chi connectivity index (χ2v) is 13.2. The van der Waals surface area contributed by atoms with Gasteiger partial charge in [0.1, 0.15) is 0 Å². The molecule has 2 N–H and O–H groups in total. The summed E-state index contributed by atoms with van der Waals surface area (Å²) in [6.45, 7) is 11.2. The summed E-state index contributed by atoms with van der Waals surface area (Å²) in [4.78, 5) is 26.6. The minimum atomic E-state index is -0.547. The lowest BCUT2D eigenvalue weighted by molar-refractivity contribution is -0.199. The maximum absolute atomic E-state index is 13.5. The van der Waals surface area contributed by atoms with Crippen molar-refractivity contribution in [1.29, 1.82) is 0 Å². The van der Waals surface area contributed by atoms with Crippen LogP contribution in [0.4, 0.5) is 0 Å². The third-order valence-electron chi connectivity index (χ3n) is 9.35. The molecule has 0 spiro atoms. The summed E-state index contributed by atoms with van der Waals surface area (Å²) in [5.74, 6) is 0.751. The molecule has 208 valence electrons. The van der Waals surface area contributed by atoms with Crippen molar-refractivity contribution in [2.24, 2.45) is 23.2 Å². The van der Waals surface area contributed by atoms with Crippen LogP contribution < -0.4 is 10.6 Å². The molecule has 2 amide bonds. The van der Waals surface area contributed by atoms with E-state index in [2.05, 4.69) is 45.3 Å². The Balaban J connectivity index is 1.31. The molecule has 1 unspecified atom stereocenters. The van der Waals surface area contributed by atoms with Crippen molar-refractivity contribution in [3.05, 3.63) is 70.7 Å². The van der Waals surface area contributed by atoms with E-state index in [-0.39, 0.29) is 41.3 Å². The summed E-state index contributed by atoms with van der Waals surface area (Å²) >= 11 is 6.27. The standard InChI is InChI=1S/C31H40BClN2O4/c1-19(2)14-27(32-38-26-17-22-16-25(30(22,3)4)31(26,5)39-32)35-28(36)18-24(21-12-9-13-23(33)15-21)34-29(37)20-10-7-6-8-11-20/h6-13,15,19,22,24-27H,14,16-18H2,1-5H3,(H,34,37)(H,35,36)/t22-,24?,25-,26+,27-,31-/m0/s1. The summed E-state index contributed by atoms with van der Waals surface area (Å²) in [7, 11) is -0.495. The van der Waals surface area contributed by atoms with Crippen LogP contribution in [0.5, 0.6) is 0 Å². The van der Waals surface area contributed by atoms with E-state index in [1.54, 1.807) is 24.3 Å². The van der Waals surface area contributed by atoms with Crippen LogP contribution in [-0.2, 0) is 14.1 Å². The Kier molecular flexibility index (Phi) is 7.89. The molecule has 8 heteroatoms. The normalized spacial score (nSPS) is 28.3. The lowest BCUT2D eigenvalue weighted by atomic mass is 9.43. The van der Waals surface area contributed by atoms with Gasteiger partial charge in [-0.1, -0.05) is 69.6 Å². The first kappa shape index (κ1) is 28.2. The van der Waals surface area contributed by atoms with Crippen LogP contribution in [0.1, 0.15) is 82.3 Å². The highest BCUT2D eigenvalue weighted by molar-refractivity contribution is 6.47. The van der Waals surface area contributed by atoms with E-state index < -0.39 is 13.2 Å². The summed E-state index contributed by atoms with van der Waals surface area (Å²) < 4.78 is 13.2. The van der Waals surface area contributed by atoms with Crippen molar-refractivity contribution in [1.82, 2.24) is 10.6 Å². The average Bonchev–Trinajstić information content (AvgIpc) is 3.25. The Morgan fingerprint density at radius 1 is 1.05 bits per heavy atom. The lowest BCUT2D eigenvalue weighted by Gasteiger charge is -2.64. The molecule has 0 aromatic heterocycles. The minimum Gasteiger partial charge on any atom is -0.404 e. The number of hydrogen-bond donors (Lipinski definition) is 2. The molecule has 4 aliphatic rings. The topological polar surface area (TPSA) is 76.7 Å². The summed E-state index contributed by atoms with van der Waals surface area (Å²) in [5.41, 5.74) is 1.22. The monoisotopic (exact) mass is 550 g/mol. The van der Waals surface area contributed by atoms with Crippen molar-refractivity contribution in [3.63, 3.8) is 0 Å². The number of nitrogens with one attached hydrogen (secondary N) is 2. The van der Waals surface area contributed by atoms with Gasteiger partial charge in [-0.25, -0.2) is 0 Å². The third-order valence-corrected chi connectivity index (χ3v) is 9.59. The highest BCUT2D eigenvalue weighted by Gasteiger charge is 2.68. The zero-order valence-corrected chi connectivity index (χ0v) is 24.3. The molecule has 1 aliphatic heterocycles. The number of benzene rings is 2. The van der Waals surface area contributed by atoms with E-state index in [9.17, 15) is 9.59 Å².